The molecule has 8 N–H and O–H groups in total. The molecule has 4 aliphatic heterocycles. The molecule has 7 rings (SSSR count). The number of aliphatic hydroxyl groups is 5. The van der Waals surface area contributed by atoms with Crippen LogP contribution in [0.5, 0.6) is 17.2 Å². The molecule has 20 atom stereocenters. The van der Waals surface area contributed by atoms with E-state index < -0.39 is 132 Å². The SMILES string of the molecule is CCN[C@H]1CO[C@@H](O[C@H]2[C@H](O[C@H]3C#C/C=C\C#C[C@]4(O)CC(=O)C(CC(C)=O)=C3/C4=C\CSSC(C)C(=O)O)O[C@H](C)[C@@H](NO[C@H]3C[C@H](O)[C@H](SC(=O)c4c(C)c(I)c(O[C@@H]5O[C@@H](C)[C@H](O)[C@@H](OC)[C@H]5O)c(OC)c4OC)[C@@H](C)O3)[C@@H]2O)C[C@@H]1OC. The summed E-state index contributed by atoms with van der Waals surface area (Å²) in [6.07, 6.45) is -13.4. The molecule has 4 fully saturated rings. The predicted molar refractivity (Wildman–Crippen MR) is 323 cm³/mol. The number of benzene rings is 1. The van der Waals surface area contributed by atoms with Crippen LogP contribution >= 0.6 is 55.9 Å². The van der Waals surface area contributed by atoms with Crippen molar-refractivity contribution in [3.63, 3.8) is 0 Å². The fraction of sp³-hybridized carbons (Fsp3) is 0.655. The van der Waals surface area contributed by atoms with Crippen LogP contribution in [0.15, 0.2) is 34.9 Å². The van der Waals surface area contributed by atoms with Crippen LogP contribution in [0, 0.1) is 34.2 Å². The van der Waals surface area contributed by atoms with E-state index in [1.807, 2.05) is 29.5 Å². The lowest BCUT2D eigenvalue weighted by Crippen LogP contribution is -2.65. The van der Waals surface area contributed by atoms with Gasteiger partial charge in [-0.2, -0.15) is 5.48 Å². The summed E-state index contributed by atoms with van der Waals surface area (Å²) in [6, 6.07) is -1.29. The number of ketones is 2. The van der Waals surface area contributed by atoms with Gasteiger partial charge in [-0.15, -0.1) is 0 Å². The van der Waals surface area contributed by atoms with E-state index in [2.05, 4.69) is 34.5 Å². The standard InChI is InChI=1S/C58H77IN2O22S3/c1-12-60-34-25-76-39(23-38(34)72-8)81-51-46(66)44(28(4)78-57(51)80-37-17-15-13-14-16-19-58(71)24-36(64)32(21-26(2)62)42(37)33(58)18-20-84-86-31(7)54(68)69)61-83-40-22-35(63)53(30(6)77-40)85-55(70)41-27(3)43(59)49(52(75-11)48(41)73-9)82-56-47(67)50(74-10)45(65)29(5)79-56/h13-14,18,28-31,34-35,37-40,44-47,50-51,53,56-57,60-61,63,65-67,71H,12,20-25H2,1-11H3,(H,68,69)/b14-13-,33-18+/t28-,29+,30-,31?,34+,35+,37+,38+,39+,40+,44-,45+,46+,47-,50-,51-,53-,56+,57+,58+/m1/s1. The molecule has 24 nitrogen and oxygen atoms in total. The van der Waals surface area contributed by atoms with Crippen molar-refractivity contribution in [2.75, 3.05) is 47.3 Å². The molecule has 476 valence electrons. The van der Waals surface area contributed by atoms with Gasteiger partial charge in [0.25, 0.3) is 0 Å². The topological polar surface area (TPSA) is 324 Å². The molecule has 4 heterocycles. The summed E-state index contributed by atoms with van der Waals surface area (Å²) in [7, 11) is 7.90. The molecule has 86 heavy (non-hydrogen) atoms. The lowest BCUT2D eigenvalue weighted by molar-refractivity contribution is -0.336. The number of thioether (sulfide) groups is 1. The number of carbonyl (C=O) groups excluding carboxylic acids is 3. The Labute approximate surface area is 525 Å². The number of halogens is 1. The van der Waals surface area contributed by atoms with Crippen molar-refractivity contribution in [2.24, 2.45) is 0 Å². The molecule has 2 aliphatic carbocycles. The summed E-state index contributed by atoms with van der Waals surface area (Å²) in [5.74, 6) is 9.79. The molecular formula is C58H77IN2O22S3. The normalized spacial score (nSPS) is 35.8. The molecule has 6 aliphatic rings. The minimum Gasteiger partial charge on any atom is -0.492 e. The van der Waals surface area contributed by atoms with Gasteiger partial charge in [-0.25, -0.2) is 0 Å². The number of carboxylic acid groups (broad SMARTS) is 1. The number of Topliss-reactive ketones (excluding diaryl/α,β-unsaturated/α-hetero) is 2. The van der Waals surface area contributed by atoms with Crippen LogP contribution in [0.4, 0.5) is 0 Å². The number of likely N-dealkylation sites (N-methyl/N-ethyl adjacent to an activating group) is 1. The average molecular weight is 1380 g/mol. The molecule has 4 saturated heterocycles. The number of carbonyl (C=O) groups is 4. The molecule has 0 radical (unpaired) electrons. The van der Waals surface area contributed by atoms with Crippen LogP contribution in [-0.4, -0.2) is 221 Å². The van der Waals surface area contributed by atoms with Crippen molar-refractivity contribution in [1.29, 1.82) is 0 Å². The minimum absolute atomic E-state index is 0.0175. The number of hydrogen-bond acceptors (Lipinski definition) is 26. The molecule has 1 unspecified atom stereocenters. The molecule has 28 heteroatoms. The van der Waals surface area contributed by atoms with Gasteiger partial charge in [0.05, 0.1) is 84.2 Å². The van der Waals surface area contributed by atoms with Crippen LogP contribution in [0.3, 0.4) is 0 Å². The Hall–Kier alpha value is -3.42. The van der Waals surface area contributed by atoms with Crippen LogP contribution in [0.1, 0.15) is 83.1 Å². The van der Waals surface area contributed by atoms with Crippen LogP contribution in [-0.2, 0) is 57.1 Å². The van der Waals surface area contributed by atoms with Crippen molar-refractivity contribution >= 4 is 78.6 Å². The fourth-order valence-electron chi connectivity index (χ4n) is 10.8. The summed E-state index contributed by atoms with van der Waals surface area (Å²) in [5.41, 5.74) is 1.54. The average Bonchev–Trinajstić information content (AvgIpc) is 0.838. The van der Waals surface area contributed by atoms with Crippen molar-refractivity contribution in [3.8, 4) is 40.9 Å². The van der Waals surface area contributed by atoms with Crippen molar-refractivity contribution in [3.05, 3.63) is 49.6 Å². The number of fused-ring (bicyclic) bond motifs is 2. The van der Waals surface area contributed by atoms with E-state index in [4.69, 9.17) is 56.9 Å². The number of carboxylic acids is 1. The molecule has 1 aromatic carbocycles. The van der Waals surface area contributed by atoms with Crippen molar-refractivity contribution in [1.82, 2.24) is 10.8 Å². The second-order valence-electron chi connectivity index (χ2n) is 21.3. The number of methoxy groups -OCH3 is 4. The van der Waals surface area contributed by atoms with Gasteiger partial charge >= 0.3 is 5.97 Å². The first-order chi connectivity index (χ1) is 40.9. The van der Waals surface area contributed by atoms with Crippen molar-refractivity contribution in [2.45, 2.75) is 195 Å². The molecular weight excluding hydrogens is 1300 g/mol. The summed E-state index contributed by atoms with van der Waals surface area (Å²) in [4.78, 5) is 59.3. The largest absolute Gasteiger partial charge is 0.492 e. The summed E-state index contributed by atoms with van der Waals surface area (Å²) >= 11 is 2.81. The highest BCUT2D eigenvalue weighted by atomic mass is 127. The Bertz CT molecular complexity index is 2830. The van der Waals surface area contributed by atoms with E-state index in [9.17, 15) is 49.8 Å². The molecule has 0 aromatic heterocycles. The van der Waals surface area contributed by atoms with Gasteiger partial charge in [-0.05, 0) is 88.4 Å². The van der Waals surface area contributed by atoms with Gasteiger partial charge < -0.3 is 88.1 Å². The molecule has 0 saturated carbocycles. The molecule has 0 spiro atoms. The molecule has 1 aromatic rings. The Morgan fingerprint density at radius 1 is 0.895 bits per heavy atom. The Kier molecular flexibility index (Phi) is 25.7. The number of hydroxylamine groups is 1. The van der Waals surface area contributed by atoms with E-state index >= 15 is 0 Å². The summed E-state index contributed by atoms with van der Waals surface area (Å²) in [5, 5.41) is 69.0. The smallest absolute Gasteiger partial charge is 0.317 e. The number of aliphatic hydroxyl groups excluding tert-OH is 4. The number of hydrogen-bond donors (Lipinski definition) is 8. The zero-order valence-corrected chi connectivity index (χ0v) is 54.1. The van der Waals surface area contributed by atoms with Gasteiger partial charge in [0.2, 0.25) is 17.2 Å². The first-order valence-corrected chi connectivity index (χ1v) is 32.3. The maximum atomic E-state index is 14.4. The van der Waals surface area contributed by atoms with Gasteiger partial charge in [0.15, 0.2) is 41.8 Å². The highest BCUT2D eigenvalue weighted by molar-refractivity contribution is 14.1. The Morgan fingerprint density at radius 2 is 1.60 bits per heavy atom. The number of nitrogens with one attached hydrogen (secondary N) is 2. The van der Waals surface area contributed by atoms with E-state index in [1.165, 1.54) is 58.1 Å². The second-order valence-corrected chi connectivity index (χ2v) is 26.3. The quantitative estimate of drug-likeness (QED) is 0.0242. The minimum atomic E-state index is -2.10. The highest BCUT2D eigenvalue weighted by Gasteiger charge is 2.52. The molecule has 2 bridgehead atoms. The second kappa shape index (κ2) is 31.5. The Morgan fingerprint density at radius 3 is 2.26 bits per heavy atom. The van der Waals surface area contributed by atoms with E-state index in [-0.39, 0.29) is 89.1 Å². The number of ether oxygens (including phenoxy) is 11. The Balaban J connectivity index is 1.12. The maximum Gasteiger partial charge on any atom is 0.317 e. The van der Waals surface area contributed by atoms with Crippen LogP contribution in [0.25, 0.3) is 0 Å². The van der Waals surface area contributed by atoms with Crippen molar-refractivity contribution < 1.29 is 107 Å². The van der Waals surface area contributed by atoms with Gasteiger partial charge in [-0.1, -0.05) is 70.0 Å². The van der Waals surface area contributed by atoms with E-state index in [1.54, 1.807) is 40.9 Å². The first-order valence-electron chi connectivity index (χ1n) is 27.9. The highest BCUT2D eigenvalue weighted by Crippen LogP contribution is 2.49. The van der Waals surface area contributed by atoms with Gasteiger partial charge in [0, 0.05) is 56.0 Å². The fourth-order valence-corrected chi connectivity index (χ4v) is 14.5. The van der Waals surface area contributed by atoms with E-state index in [0.717, 1.165) is 22.6 Å². The summed E-state index contributed by atoms with van der Waals surface area (Å²) in [6.45, 7) is 12.2. The number of rotatable bonds is 24. The monoisotopic (exact) mass is 1380 g/mol. The first kappa shape index (κ1) is 70.0. The third-order valence-corrected chi connectivity index (χ3v) is 20.6. The van der Waals surface area contributed by atoms with Gasteiger partial charge in [-0.3, -0.25) is 24.0 Å². The molecule has 0 amide bonds. The lowest BCUT2D eigenvalue weighted by atomic mass is 9.72. The number of aliphatic carboxylic acids is 1. The third-order valence-electron chi connectivity index (χ3n) is 15.3. The number of allylic oxidation sites excluding steroid dienone is 3. The third kappa shape index (κ3) is 16.2. The lowest BCUT2D eigenvalue weighted by Gasteiger charge is -2.46. The van der Waals surface area contributed by atoms with Crippen LogP contribution in [0.2, 0.25) is 0 Å². The van der Waals surface area contributed by atoms with Gasteiger partial charge in [0.1, 0.15) is 47.7 Å². The zero-order chi connectivity index (χ0) is 62.9. The maximum absolute atomic E-state index is 14.4. The van der Waals surface area contributed by atoms with E-state index in [0.29, 0.717) is 15.7 Å². The zero-order valence-electron chi connectivity index (χ0n) is 49.5. The predicted octanol–water partition coefficient (Wildman–Crippen LogP) is 3.06. The van der Waals surface area contributed by atoms with Crippen LogP contribution < -0.4 is 25.0 Å². The summed E-state index contributed by atoms with van der Waals surface area (Å²) < 4.78 is 67.6.